The van der Waals surface area contributed by atoms with Crippen molar-refractivity contribution in [1.29, 1.82) is 0 Å². The molecule has 2 N–H and O–H groups in total. The van der Waals surface area contributed by atoms with Gasteiger partial charge in [-0.3, -0.25) is 4.79 Å². The SMILES string of the molecule is CCCCCCCC(=O)CCC(CC)CCN. The molecule has 0 aromatic carbocycles. The predicted molar refractivity (Wildman–Crippen MR) is 75.1 cm³/mol. The van der Waals surface area contributed by atoms with Crippen LogP contribution in [-0.4, -0.2) is 12.3 Å². The number of rotatable bonds is 12. The maximum Gasteiger partial charge on any atom is 0.132 e. The Bertz CT molecular complexity index is 180. The minimum absolute atomic E-state index is 0.456. The highest BCUT2D eigenvalue weighted by molar-refractivity contribution is 5.78. The zero-order valence-electron chi connectivity index (χ0n) is 11.8. The molecule has 0 heterocycles. The van der Waals surface area contributed by atoms with Gasteiger partial charge >= 0.3 is 0 Å². The highest BCUT2D eigenvalue weighted by Gasteiger charge is 2.08. The Hall–Kier alpha value is -0.370. The van der Waals surface area contributed by atoms with Crippen LogP contribution in [0.5, 0.6) is 0 Å². The van der Waals surface area contributed by atoms with Gasteiger partial charge in [0.05, 0.1) is 0 Å². The van der Waals surface area contributed by atoms with Crippen molar-refractivity contribution >= 4 is 5.78 Å². The fourth-order valence-corrected chi connectivity index (χ4v) is 2.20. The van der Waals surface area contributed by atoms with Gasteiger partial charge in [0.25, 0.3) is 0 Å². The molecule has 0 aliphatic carbocycles. The molecule has 1 unspecified atom stereocenters. The van der Waals surface area contributed by atoms with Crippen molar-refractivity contribution in [3.63, 3.8) is 0 Å². The summed E-state index contributed by atoms with van der Waals surface area (Å²) in [6.07, 6.45) is 11.0. The van der Waals surface area contributed by atoms with Gasteiger partial charge in [-0.2, -0.15) is 0 Å². The van der Waals surface area contributed by atoms with E-state index in [1.165, 1.54) is 25.7 Å². The van der Waals surface area contributed by atoms with Crippen molar-refractivity contribution in [2.45, 2.75) is 78.1 Å². The maximum absolute atomic E-state index is 11.7. The second-order valence-corrected chi connectivity index (χ2v) is 5.09. The van der Waals surface area contributed by atoms with Crippen LogP contribution in [0.25, 0.3) is 0 Å². The van der Waals surface area contributed by atoms with E-state index in [9.17, 15) is 4.79 Å². The Labute approximate surface area is 107 Å². The molecule has 0 radical (unpaired) electrons. The molecule has 0 saturated carbocycles. The first kappa shape index (κ1) is 16.6. The van der Waals surface area contributed by atoms with E-state index < -0.39 is 0 Å². The normalized spacial score (nSPS) is 12.6. The van der Waals surface area contributed by atoms with Crippen LogP contribution in [0.15, 0.2) is 0 Å². The average Bonchev–Trinajstić information content (AvgIpc) is 2.34. The topological polar surface area (TPSA) is 43.1 Å². The quantitative estimate of drug-likeness (QED) is 0.523. The van der Waals surface area contributed by atoms with Gasteiger partial charge < -0.3 is 5.73 Å². The number of nitrogens with two attached hydrogens (primary N) is 1. The Kier molecular flexibility index (Phi) is 11.8. The molecule has 0 aromatic heterocycles. The first-order valence-corrected chi connectivity index (χ1v) is 7.46. The molecule has 102 valence electrons. The zero-order valence-corrected chi connectivity index (χ0v) is 11.8. The number of hydrogen-bond acceptors (Lipinski definition) is 2. The van der Waals surface area contributed by atoms with Crippen LogP contribution in [0.2, 0.25) is 0 Å². The smallest absolute Gasteiger partial charge is 0.132 e. The van der Waals surface area contributed by atoms with Crippen LogP contribution in [0.4, 0.5) is 0 Å². The zero-order chi connectivity index (χ0) is 12.9. The summed E-state index contributed by atoms with van der Waals surface area (Å²) in [5, 5.41) is 0. The van der Waals surface area contributed by atoms with E-state index in [4.69, 9.17) is 5.73 Å². The summed E-state index contributed by atoms with van der Waals surface area (Å²) in [7, 11) is 0. The third-order valence-electron chi connectivity index (χ3n) is 3.54. The molecule has 17 heavy (non-hydrogen) atoms. The highest BCUT2D eigenvalue weighted by atomic mass is 16.1. The van der Waals surface area contributed by atoms with E-state index in [2.05, 4.69) is 13.8 Å². The van der Waals surface area contributed by atoms with Gasteiger partial charge in [0.15, 0.2) is 0 Å². The predicted octanol–water partition coefficient (Wildman–Crippen LogP) is 4.07. The highest BCUT2D eigenvalue weighted by Crippen LogP contribution is 2.16. The lowest BCUT2D eigenvalue weighted by atomic mass is 9.94. The van der Waals surface area contributed by atoms with Crippen molar-refractivity contribution in [2.75, 3.05) is 6.54 Å². The van der Waals surface area contributed by atoms with Gasteiger partial charge in [-0.15, -0.1) is 0 Å². The van der Waals surface area contributed by atoms with Crippen molar-refractivity contribution in [1.82, 2.24) is 0 Å². The molecule has 0 rings (SSSR count). The number of ketones is 1. The van der Waals surface area contributed by atoms with Crippen molar-refractivity contribution in [2.24, 2.45) is 11.7 Å². The fourth-order valence-electron chi connectivity index (χ4n) is 2.20. The van der Waals surface area contributed by atoms with Crippen LogP contribution in [0.3, 0.4) is 0 Å². The monoisotopic (exact) mass is 241 g/mol. The average molecular weight is 241 g/mol. The number of carbonyl (C=O) groups is 1. The molecule has 0 saturated heterocycles. The summed E-state index contributed by atoms with van der Waals surface area (Å²) >= 11 is 0. The Morgan fingerprint density at radius 2 is 1.71 bits per heavy atom. The Morgan fingerprint density at radius 1 is 1.00 bits per heavy atom. The van der Waals surface area contributed by atoms with E-state index in [1.807, 2.05) is 0 Å². The molecular formula is C15H31NO. The molecule has 0 spiro atoms. The summed E-state index contributed by atoms with van der Waals surface area (Å²) in [5.74, 6) is 1.11. The summed E-state index contributed by atoms with van der Waals surface area (Å²) in [6.45, 7) is 5.16. The van der Waals surface area contributed by atoms with E-state index in [1.54, 1.807) is 0 Å². The standard InChI is InChI=1S/C15H31NO/c1-3-5-6-7-8-9-15(17)11-10-14(4-2)12-13-16/h14H,3-13,16H2,1-2H3. The van der Waals surface area contributed by atoms with Gasteiger partial charge in [-0.1, -0.05) is 46.0 Å². The van der Waals surface area contributed by atoms with Gasteiger partial charge in [0, 0.05) is 12.8 Å². The summed E-state index contributed by atoms with van der Waals surface area (Å²) in [5.41, 5.74) is 5.55. The lowest BCUT2D eigenvalue weighted by Crippen LogP contribution is -2.10. The molecular weight excluding hydrogens is 210 g/mol. The number of carbonyl (C=O) groups excluding carboxylic acids is 1. The van der Waals surface area contributed by atoms with Crippen LogP contribution < -0.4 is 5.73 Å². The van der Waals surface area contributed by atoms with E-state index >= 15 is 0 Å². The van der Waals surface area contributed by atoms with Gasteiger partial charge in [0.1, 0.15) is 5.78 Å². The lowest BCUT2D eigenvalue weighted by Gasteiger charge is -2.12. The molecule has 1 atom stereocenters. The Balaban J connectivity index is 3.44. The van der Waals surface area contributed by atoms with E-state index in [0.717, 1.165) is 45.1 Å². The number of Topliss-reactive ketones (excluding diaryl/α,β-unsaturated/α-hetero) is 1. The Morgan fingerprint density at radius 3 is 2.29 bits per heavy atom. The molecule has 2 nitrogen and oxygen atoms in total. The minimum Gasteiger partial charge on any atom is -0.330 e. The molecule has 0 aliphatic rings. The second-order valence-electron chi connectivity index (χ2n) is 5.09. The fraction of sp³-hybridized carbons (Fsp3) is 0.933. The maximum atomic E-state index is 11.7. The first-order valence-electron chi connectivity index (χ1n) is 7.46. The summed E-state index contributed by atoms with van der Waals surface area (Å²) in [6, 6.07) is 0. The summed E-state index contributed by atoms with van der Waals surface area (Å²) < 4.78 is 0. The minimum atomic E-state index is 0.456. The number of unbranched alkanes of at least 4 members (excludes halogenated alkanes) is 4. The van der Waals surface area contributed by atoms with Crippen molar-refractivity contribution in [3.05, 3.63) is 0 Å². The van der Waals surface area contributed by atoms with Crippen LogP contribution in [-0.2, 0) is 4.79 Å². The lowest BCUT2D eigenvalue weighted by molar-refractivity contribution is -0.119. The van der Waals surface area contributed by atoms with Gasteiger partial charge in [0.2, 0.25) is 0 Å². The van der Waals surface area contributed by atoms with Crippen LogP contribution in [0.1, 0.15) is 78.1 Å². The van der Waals surface area contributed by atoms with Gasteiger partial charge in [-0.25, -0.2) is 0 Å². The van der Waals surface area contributed by atoms with E-state index in [0.29, 0.717) is 11.7 Å². The molecule has 0 bridgehead atoms. The second kappa shape index (κ2) is 12.1. The largest absolute Gasteiger partial charge is 0.330 e. The number of hydrogen-bond donors (Lipinski definition) is 1. The molecule has 0 amide bonds. The molecule has 2 heteroatoms. The van der Waals surface area contributed by atoms with Crippen LogP contribution >= 0.6 is 0 Å². The van der Waals surface area contributed by atoms with Crippen molar-refractivity contribution < 1.29 is 4.79 Å². The van der Waals surface area contributed by atoms with Crippen LogP contribution in [0, 0.1) is 5.92 Å². The van der Waals surface area contributed by atoms with Gasteiger partial charge in [-0.05, 0) is 31.7 Å². The third-order valence-corrected chi connectivity index (χ3v) is 3.54. The van der Waals surface area contributed by atoms with E-state index in [-0.39, 0.29) is 0 Å². The molecule has 0 aliphatic heterocycles. The first-order chi connectivity index (χ1) is 8.24. The molecule has 0 aromatic rings. The summed E-state index contributed by atoms with van der Waals surface area (Å²) in [4.78, 5) is 11.7. The van der Waals surface area contributed by atoms with Crippen molar-refractivity contribution in [3.8, 4) is 0 Å². The molecule has 0 fully saturated rings. The third kappa shape index (κ3) is 10.5.